The van der Waals surface area contributed by atoms with Crippen LogP contribution in [0.1, 0.15) is 11.3 Å². The molecule has 0 aliphatic carbocycles. The van der Waals surface area contributed by atoms with E-state index >= 15 is 0 Å². The Balaban J connectivity index is 1.32. The molecule has 7 nitrogen and oxygen atoms in total. The Morgan fingerprint density at radius 2 is 1.86 bits per heavy atom. The fourth-order valence-electron chi connectivity index (χ4n) is 3.40. The molecule has 0 saturated carbocycles. The van der Waals surface area contributed by atoms with Gasteiger partial charge in [-0.1, -0.05) is 18.2 Å². The van der Waals surface area contributed by atoms with Gasteiger partial charge >= 0.3 is 0 Å². The van der Waals surface area contributed by atoms with E-state index in [1.807, 2.05) is 31.3 Å². The maximum atomic E-state index is 9.66. The highest BCUT2D eigenvalue weighted by Crippen LogP contribution is 2.21. The monoisotopic (exact) mass is 376 g/mol. The van der Waals surface area contributed by atoms with Crippen LogP contribution in [0.5, 0.6) is 5.75 Å². The summed E-state index contributed by atoms with van der Waals surface area (Å²) in [4.78, 5) is 13.2. The number of hydrogen-bond acceptors (Lipinski definition) is 6. The number of phenolic OH excluding ortho intramolecular Hbond substituents is 1. The topological polar surface area (TPSA) is 70.3 Å². The Bertz CT molecular complexity index is 945. The molecule has 28 heavy (non-hydrogen) atoms. The highest BCUT2D eigenvalue weighted by Gasteiger charge is 2.16. The zero-order valence-electron chi connectivity index (χ0n) is 15.9. The third-order valence-corrected chi connectivity index (χ3v) is 5.02. The summed E-state index contributed by atoms with van der Waals surface area (Å²) in [5, 5.41) is 14.1. The van der Waals surface area contributed by atoms with Gasteiger partial charge in [0.05, 0.1) is 11.9 Å². The smallest absolute Gasteiger partial charge is 0.250 e. The molecule has 0 amide bonds. The summed E-state index contributed by atoms with van der Waals surface area (Å²) >= 11 is 0. The summed E-state index contributed by atoms with van der Waals surface area (Å²) in [6.45, 7) is 6.84. The normalized spacial score (nSPS) is 15.4. The number of nitrogens with zero attached hydrogens (tertiary/aromatic N) is 6. The molecule has 1 saturated heterocycles. The highest BCUT2D eigenvalue weighted by atomic mass is 16.3. The molecule has 1 aliphatic heterocycles. The molecule has 3 aromatic rings. The van der Waals surface area contributed by atoms with Crippen molar-refractivity contribution in [3.63, 3.8) is 0 Å². The largest absolute Gasteiger partial charge is 0.508 e. The van der Waals surface area contributed by atoms with Crippen molar-refractivity contribution in [1.82, 2.24) is 24.6 Å². The number of piperazine rings is 1. The molecule has 2 aromatic heterocycles. The van der Waals surface area contributed by atoms with E-state index in [9.17, 15) is 5.11 Å². The fourth-order valence-corrected chi connectivity index (χ4v) is 3.40. The molecule has 0 bridgehead atoms. The van der Waals surface area contributed by atoms with E-state index in [0.717, 1.165) is 49.7 Å². The maximum absolute atomic E-state index is 9.66. The average Bonchev–Trinajstić information content (AvgIpc) is 3.10. The van der Waals surface area contributed by atoms with Gasteiger partial charge in [0.2, 0.25) is 0 Å². The van der Waals surface area contributed by atoms with Gasteiger partial charge < -0.3 is 10.0 Å². The minimum Gasteiger partial charge on any atom is -0.508 e. The second kappa shape index (κ2) is 8.22. The SMILES string of the molecule is Cc1c(/C=C/CN2CCN(c3cccc(O)c3)CC2)cnn1-c1ncccn1. The second-order valence-corrected chi connectivity index (χ2v) is 6.86. The van der Waals surface area contributed by atoms with Gasteiger partial charge in [-0.2, -0.15) is 5.10 Å². The van der Waals surface area contributed by atoms with Gasteiger partial charge in [0.15, 0.2) is 0 Å². The van der Waals surface area contributed by atoms with Crippen LogP contribution in [0.25, 0.3) is 12.0 Å². The van der Waals surface area contributed by atoms with Crippen LogP contribution in [0.3, 0.4) is 0 Å². The van der Waals surface area contributed by atoms with Crippen molar-refractivity contribution >= 4 is 11.8 Å². The maximum Gasteiger partial charge on any atom is 0.250 e. The zero-order valence-corrected chi connectivity index (χ0v) is 15.9. The number of hydrogen-bond donors (Lipinski definition) is 1. The van der Waals surface area contributed by atoms with Crippen LogP contribution in [-0.4, -0.2) is 62.5 Å². The van der Waals surface area contributed by atoms with Crippen molar-refractivity contribution in [3.8, 4) is 11.7 Å². The summed E-state index contributed by atoms with van der Waals surface area (Å²) < 4.78 is 1.76. The lowest BCUT2D eigenvalue weighted by molar-refractivity contribution is 0.284. The van der Waals surface area contributed by atoms with Crippen molar-refractivity contribution < 1.29 is 5.11 Å². The second-order valence-electron chi connectivity index (χ2n) is 6.86. The lowest BCUT2D eigenvalue weighted by Gasteiger charge is -2.35. The predicted molar refractivity (Wildman–Crippen MR) is 110 cm³/mol. The van der Waals surface area contributed by atoms with Crippen molar-refractivity contribution in [2.24, 2.45) is 0 Å². The summed E-state index contributed by atoms with van der Waals surface area (Å²) in [7, 11) is 0. The molecule has 0 radical (unpaired) electrons. The average molecular weight is 376 g/mol. The van der Waals surface area contributed by atoms with Crippen LogP contribution in [0.4, 0.5) is 5.69 Å². The van der Waals surface area contributed by atoms with Crippen molar-refractivity contribution in [3.05, 3.63) is 66.3 Å². The van der Waals surface area contributed by atoms with Crippen LogP contribution in [-0.2, 0) is 0 Å². The molecule has 1 fully saturated rings. The fraction of sp³-hybridized carbons (Fsp3) is 0.286. The zero-order chi connectivity index (χ0) is 19.3. The van der Waals surface area contributed by atoms with Crippen molar-refractivity contribution in [2.45, 2.75) is 6.92 Å². The molecule has 144 valence electrons. The van der Waals surface area contributed by atoms with E-state index in [2.05, 4.69) is 37.0 Å². The third-order valence-electron chi connectivity index (χ3n) is 5.02. The number of anilines is 1. The number of phenols is 1. The standard InChI is InChI=1S/C21H24N6O/c1-17-18(16-24-27(17)21-22-8-4-9-23-21)5-3-10-25-11-13-26(14-12-25)19-6-2-7-20(28)15-19/h2-9,15-16,28H,10-14H2,1H3/b5-3+. The first-order chi connectivity index (χ1) is 13.7. The van der Waals surface area contributed by atoms with Crippen LogP contribution in [0.2, 0.25) is 0 Å². The Hall–Kier alpha value is -3.19. The van der Waals surface area contributed by atoms with Gasteiger partial charge in [-0.25, -0.2) is 14.6 Å². The minimum absolute atomic E-state index is 0.319. The first-order valence-corrected chi connectivity index (χ1v) is 9.45. The van der Waals surface area contributed by atoms with Gasteiger partial charge in [-0.15, -0.1) is 0 Å². The quantitative estimate of drug-likeness (QED) is 0.738. The lowest BCUT2D eigenvalue weighted by Crippen LogP contribution is -2.46. The van der Waals surface area contributed by atoms with Crippen LogP contribution < -0.4 is 4.90 Å². The van der Waals surface area contributed by atoms with Gasteiger partial charge in [-0.3, -0.25) is 4.90 Å². The number of aromatic hydroxyl groups is 1. The molecular formula is C21H24N6O. The van der Waals surface area contributed by atoms with Gasteiger partial charge in [0.1, 0.15) is 5.75 Å². The molecule has 0 atom stereocenters. The van der Waals surface area contributed by atoms with Crippen molar-refractivity contribution in [1.29, 1.82) is 0 Å². The summed E-state index contributed by atoms with van der Waals surface area (Å²) in [5.41, 5.74) is 3.18. The number of rotatable bonds is 5. The number of aromatic nitrogens is 4. The first-order valence-electron chi connectivity index (χ1n) is 9.45. The van der Waals surface area contributed by atoms with E-state index in [4.69, 9.17) is 0 Å². The molecule has 1 N–H and O–H groups in total. The molecule has 4 rings (SSSR count). The third kappa shape index (κ3) is 4.04. The Kier molecular flexibility index (Phi) is 5.34. The molecule has 1 aromatic carbocycles. The molecular weight excluding hydrogens is 352 g/mol. The van der Waals surface area contributed by atoms with Gasteiger partial charge in [-0.05, 0) is 25.1 Å². The van der Waals surface area contributed by atoms with Crippen LogP contribution in [0.15, 0.2) is 55.0 Å². The van der Waals surface area contributed by atoms with Gasteiger partial charge in [0, 0.05) is 62.4 Å². The van der Waals surface area contributed by atoms with E-state index in [1.165, 1.54) is 0 Å². The number of benzene rings is 1. The molecule has 3 heterocycles. The van der Waals surface area contributed by atoms with E-state index in [0.29, 0.717) is 11.7 Å². The van der Waals surface area contributed by atoms with E-state index in [1.54, 1.807) is 29.2 Å². The highest BCUT2D eigenvalue weighted by molar-refractivity contribution is 5.52. The first kappa shape index (κ1) is 18.2. The Morgan fingerprint density at radius 3 is 2.61 bits per heavy atom. The predicted octanol–water partition coefficient (Wildman–Crippen LogP) is 2.51. The molecule has 0 unspecified atom stereocenters. The van der Waals surface area contributed by atoms with E-state index < -0.39 is 0 Å². The molecule has 0 spiro atoms. The lowest BCUT2D eigenvalue weighted by atomic mass is 10.2. The van der Waals surface area contributed by atoms with Crippen molar-refractivity contribution in [2.75, 3.05) is 37.6 Å². The Morgan fingerprint density at radius 1 is 1.07 bits per heavy atom. The molecule has 7 heteroatoms. The Labute approximate surface area is 164 Å². The summed E-state index contributed by atoms with van der Waals surface area (Å²) in [6.07, 6.45) is 9.58. The van der Waals surface area contributed by atoms with Gasteiger partial charge in [0.25, 0.3) is 5.95 Å². The summed E-state index contributed by atoms with van der Waals surface area (Å²) in [5.74, 6) is 0.905. The summed E-state index contributed by atoms with van der Waals surface area (Å²) in [6, 6.07) is 9.27. The van der Waals surface area contributed by atoms with Crippen LogP contribution in [0, 0.1) is 6.92 Å². The van der Waals surface area contributed by atoms with Crippen LogP contribution >= 0.6 is 0 Å². The van der Waals surface area contributed by atoms with E-state index in [-0.39, 0.29) is 0 Å². The minimum atomic E-state index is 0.319. The molecule has 1 aliphatic rings.